The van der Waals surface area contributed by atoms with Gasteiger partial charge in [-0.25, -0.2) is 0 Å². The molecule has 0 fully saturated rings. The molecule has 0 unspecified atom stereocenters. The van der Waals surface area contributed by atoms with Crippen LogP contribution in [0.5, 0.6) is 0 Å². The number of fused-ring (bicyclic) bond motifs is 7. The van der Waals surface area contributed by atoms with Crippen LogP contribution in [0.15, 0.2) is 119 Å². The van der Waals surface area contributed by atoms with Crippen molar-refractivity contribution in [1.82, 2.24) is 4.98 Å². The standard InChI is InChI=1S/C29H18N2S/c1-4-10-23-19(7-1)14-16-27-28(23)31(22-17-21-9-3-6-12-25(21)30-18-22)26-15-13-20-8-2-5-11-24(20)29(26)32-27/h1-18H. The van der Waals surface area contributed by atoms with E-state index in [0.717, 1.165) is 16.6 Å². The van der Waals surface area contributed by atoms with Crippen LogP contribution in [0.4, 0.5) is 17.1 Å². The topological polar surface area (TPSA) is 16.1 Å². The van der Waals surface area contributed by atoms with Crippen molar-refractivity contribution in [3.63, 3.8) is 0 Å². The zero-order valence-corrected chi connectivity index (χ0v) is 18.0. The van der Waals surface area contributed by atoms with E-state index < -0.39 is 0 Å². The van der Waals surface area contributed by atoms with Crippen LogP contribution < -0.4 is 4.90 Å². The molecule has 0 aliphatic carbocycles. The highest BCUT2D eigenvalue weighted by Gasteiger charge is 2.28. The summed E-state index contributed by atoms with van der Waals surface area (Å²) >= 11 is 1.87. The Morgan fingerprint density at radius 3 is 2.19 bits per heavy atom. The van der Waals surface area contributed by atoms with Crippen molar-refractivity contribution in [1.29, 1.82) is 0 Å². The van der Waals surface area contributed by atoms with Gasteiger partial charge >= 0.3 is 0 Å². The fraction of sp³-hybridized carbons (Fsp3) is 0. The van der Waals surface area contributed by atoms with Gasteiger partial charge in [0.2, 0.25) is 0 Å². The number of aromatic nitrogens is 1. The Kier molecular flexibility index (Phi) is 3.81. The molecule has 0 amide bonds. The lowest BCUT2D eigenvalue weighted by molar-refractivity contribution is 1.18. The van der Waals surface area contributed by atoms with Crippen LogP contribution in [-0.2, 0) is 0 Å². The third-order valence-corrected chi connectivity index (χ3v) is 7.42. The Bertz CT molecular complexity index is 1670. The molecule has 1 aliphatic rings. The normalized spacial score (nSPS) is 12.8. The molecule has 6 aromatic rings. The van der Waals surface area contributed by atoms with Crippen LogP contribution in [-0.4, -0.2) is 4.98 Å². The molecule has 0 spiro atoms. The lowest BCUT2D eigenvalue weighted by Gasteiger charge is -2.34. The van der Waals surface area contributed by atoms with E-state index in [9.17, 15) is 0 Å². The molecule has 2 nitrogen and oxygen atoms in total. The average molecular weight is 427 g/mol. The minimum atomic E-state index is 1.01. The average Bonchev–Trinajstić information content (AvgIpc) is 2.87. The third-order valence-electron chi connectivity index (χ3n) is 6.23. The van der Waals surface area contributed by atoms with Gasteiger partial charge < -0.3 is 4.90 Å². The predicted molar refractivity (Wildman–Crippen MR) is 136 cm³/mol. The molecule has 3 heteroatoms. The second-order valence-corrected chi connectivity index (χ2v) is 9.14. The molecule has 1 aliphatic heterocycles. The minimum Gasteiger partial charge on any atom is -0.306 e. The SMILES string of the molecule is c1ccc2ncc(N3c4ccc5ccccc5c4Sc4ccc5ccccc5c43)cc2c1. The Labute approximate surface area is 190 Å². The summed E-state index contributed by atoms with van der Waals surface area (Å²) in [6, 6.07) is 36.8. The molecule has 32 heavy (non-hydrogen) atoms. The summed E-state index contributed by atoms with van der Waals surface area (Å²) < 4.78 is 0. The van der Waals surface area contributed by atoms with Gasteiger partial charge in [-0.05, 0) is 40.4 Å². The molecule has 0 radical (unpaired) electrons. The molecule has 2 heterocycles. The molecule has 7 rings (SSSR count). The Hall–Kier alpha value is -3.82. The van der Waals surface area contributed by atoms with Crippen molar-refractivity contribution in [2.75, 3.05) is 4.90 Å². The highest BCUT2D eigenvalue weighted by Crippen LogP contribution is 2.55. The molecule has 0 N–H and O–H groups in total. The first-order valence-corrected chi connectivity index (χ1v) is 11.5. The third kappa shape index (κ3) is 2.58. The van der Waals surface area contributed by atoms with E-state index in [4.69, 9.17) is 4.98 Å². The van der Waals surface area contributed by atoms with E-state index >= 15 is 0 Å². The van der Waals surface area contributed by atoms with Crippen molar-refractivity contribution in [3.05, 3.63) is 109 Å². The second kappa shape index (κ2) is 6.84. The maximum atomic E-state index is 4.80. The van der Waals surface area contributed by atoms with Crippen LogP contribution in [0.1, 0.15) is 0 Å². The Morgan fingerprint density at radius 2 is 1.31 bits per heavy atom. The predicted octanol–water partition coefficient (Wildman–Crippen LogP) is 8.48. The first kappa shape index (κ1) is 17.8. The van der Waals surface area contributed by atoms with Gasteiger partial charge in [-0.3, -0.25) is 4.98 Å². The van der Waals surface area contributed by atoms with Crippen molar-refractivity contribution in [2.45, 2.75) is 9.79 Å². The van der Waals surface area contributed by atoms with Crippen LogP contribution in [0.2, 0.25) is 0 Å². The first-order chi connectivity index (χ1) is 15.9. The molecule has 0 saturated carbocycles. The monoisotopic (exact) mass is 426 g/mol. The van der Waals surface area contributed by atoms with Gasteiger partial charge in [0.05, 0.1) is 28.8 Å². The molecule has 150 valence electrons. The highest BCUT2D eigenvalue weighted by molar-refractivity contribution is 8.00. The zero-order chi connectivity index (χ0) is 21.1. The van der Waals surface area contributed by atoms with E-state index in [1.54, 1.807) is 0 Å². The fourth-order valence-corrected chi connectivity index (χ4v) is 5.96. The van der Waals surface area contributed by atoms with E-state index in [0.29, 0.717) is 0 Å². The Balaban J connectivity index is 1.59. The van der Waals surface area contributed by atoms with Gasteiger partial charge in [0.1, 0.15) is 0 Å². The largest absolute Gasteiger partial charge is 0.306 e. The van der Waals surface area contributed by atoms with Crippen molar-refractivity contribution >= 4 is 61.3 Å². The fourth-order valence-electron chi connectivity index (χ4n) is 4.74. The smallest absolute Gasteiger partial charge is 0.0703 e. The molecule has 1 aromatic heterocycles. The molecular formula is C29H18N2S. The second-order valence-electron chi connectivity index (χ2n) is 8.09. The van der Waals surface area contributed by atoms with Gasteiger partial charge in [-0.1, -0.05) is 90.6 Å². The van der Waals surface area contributed by atoms with Gasteiger partial charge in [0, 0.05) is 20.6 Å². The van der Waals surface area contributed by atoms with Crippen LogP contribution in [0, 0.1) is 0 Å². The van der Waals surface area contributed by atoms with Crippen LogP contribution >= 0.6 is 11.8 Å². The van der Waals surface area contributed by atoms with E-state index in [-0.39, 0.29) is 0 Å². The highest BCUT2D eigenvalue weighted by atomic mass is 32.2. The summed E-state index contributed by atoms with van der Waals surface area (Å²) in [5.74, 6) is 0. The van der Waals surface area contributed by atoms with Crippen molar-refractivity contribution < 1.29 is 0 Å². The van der Waals surface area contributed by atoms with Gasteiger partial charge in [0.25, 0.3) is 0 Å². The quantitative estimate of drug-likeness (QED) is 0.262. The lowest BCUT2D eigenvalue weighted by Crippen LogP contribution is -2.15. The van der Waals surface area contributed by atoms with E-state index in [1.165, 1.54) is 42.7 Å². The maximum Gasteiger partial charge on any atom is 0.0703 e. The number of para-hydroxylation sites is 1. The number of pyridine rings is 1. The maximum absolute atomic E-state index is 4.80. The molecule has 0 atom stereocenters. The first-order valence-electron chi connectivity index (χ1n) is 10.7. The number of benzene rings is 5. The van der Waals surface area contributed by atoms with Crippen molar-refractivity contribution in [2.24, 2.45) is 0 Å². The van der Waals surface area contributed by atoms with Crippen LogP contribution in [0.25, 0.3) is 32.4 Å². The molecule has 0 bridgehead atoms. The summed E-state index contributed by atoms with van der Waals surface area (Å²) in [4.78, 5) is 9.75. The summed E-state index contributed by atoms with van der Waals surface area (Å²) in [7, 11) is 0. The number of nitrogens with zero attached hydrogens (tertiary/aromatic N) is 2. The number of rotatable bonds is 1. The van der Waals surface area contributed by atoms with Crippen molar-refractivity contribution in [3.8, 4) is 0 Å². The molecule has 0 saturated heterocycles. The number of hydrogen-bond acceptors (Lipinski definition) is 3. The summed E-state index contributed by atoms with van der Waals surface area (Å²) in [5.41, 5.74) is 4.53. The summed E-state index contributed by atoms with van der Waals surface area (Å²) in [5, 5.41) is 6.19. The Morgan fingerprint density at radius 1 is 0.625 bits per heavy atom. The number of anilines is 3. The van der Waals surface area contributed by atoms with Gasteiger partial charge in [-0.15, -0.1) is 0 Å². The van der Waals surface area contributed by atoms with Gasteiger partial charge in [0.15, 0.2) is 0 Å². The zero-order valence-electron chi connectivity index (χ0n) is 17.2. The molecule has 5 aromatic carbocycles. The van der Waals surface area contributed by atoms with E-state index in [2.05, 4.69) is 102 Å². The van der Waals surface area contributed by atoms with E-state index in [1.807, 2.05) is 24.0 Å². The van der Waals surface area contributed by atoms with Gasteiger partial charge in [-0.2, -0.15) is 0 Å². The summed E-state index contributed by atoms with van der Waals surface area (Å²) in [6.45, 7) is 0. The minimum absolute atomic E-state index is 1.01. The molecular weight excluding hydrogens is 408 g/mol. The lowest BCUT2D eigenvalue weighted by atomic mass is 10.0. The summed E-state index contributed by atoms with van der Waals surface area (Å²) in [6.07, 6.45) is 2.00. The number of hydrogen-bond donors (Lipinski definition) is 0. The van der Waals surface area contributed by atoms with Crippen LogP contribution in [0.3, 0.4) is 0 Å².